The third-order valence-corrected chi connectivity index (χ3v) is 6.82. The summed E-state index contributed by atoms with van der Waals surface area (Å²) in [5.74, 6) is 1.34. The largest absolute Gasteiger partial charge is 0.368 e. The summed E-state index contributed by atoms with van der Waals surface area (Å²) in [4.78, 5) is 0. The maximum Gasteiger partial charge on any atom is 0.178 e. The van der Waals surface area contributed by atoms with E-state index >= 15 is 0 Å². The fourth-order valence-electron chi connectivity index (χ4n) is 4.26. The van der Waals surface area contributed by atoms with Crippen LogP contribution >= 0.6 is 0 Å². The second-order valence-electron chi connectivity index (χ2n) is 10.2. The van der Waals surface area contributed by atoms with Gasteiger partial charge in [-0.15, -0.1) is 0 Å². The lowest BCUT2D eigenvalue weighted by Gasteiger charge is -2.36. The molecule has 0 aromatic heterocycles. The molecule has 162 valence electrons. The molecule has 1 aliphatic carbocycles. The zero-order chi connectivity index (χ0) is 20.7. The highest BCUT2D eigenvalue weighted by molar-refractivity contribution is 4.80. The molecule has 0 aromatic rings. The van der Waals surface area contributed by atoms with E-state index in [1.165, 1.54) is 6.42 Å². The minimum atomic E-state index is -0.973. The second-order valence-corrected chi connectivity index (χ2v) is 10.2. The third-order valence-electron chi connectivity index (χ3n) is 6.82. The molecule has 1 saturated carbocycles. The van der Waals surface area contributed by atoms with Gasteiger partial charge in [-0.2, -0.15) is 0 Å². The van der Waals surface area contributed by atoms with Crippen LogP contribution in [0.5, 0.6) is 0 Å². The molecule has 4 nitrogen and oxygen atoms in total. The molecule has 1 fully saturated rings. The highest BCUT2D eigenvalue weighted by atomic mass is 16.7. The summed E-state index contributed by atoms with van der Waals surface area (Å²) in [6.45, 7) is 15.6. The number of aliphatic hydroxyl groups is 2. The van der Waals surface area contributed by atoms with Gasteiger partial charge in [0, 0.05) is 5.92 Å². The third kappa shape index (κ3) is 8.81. The summed E-state index contributed by atoms with van der Waals surface area (Å²) in [6, 6.07) is 0. The Morgan fingerprint density at radius 3 is 2.11 bits per heavy atom. The van der Waals surface area contributed by atoms with Crippen LogP contribution in [0.3, 0.4) is 0 Å². The average molecular weight is 387 g/mol. The van der Waals surface area contributed by atoms with Crippen LogP contribution in [0.25, 0.3) is 0 Å². The summed E-state index contributed by atoms with van der Waals surface area (Å²) in [5, 5.41) is 20.5. The minimum Gasteiger partial charge on any atom is -0.368 e. The first-order valence-electron chi connectivity index (χ1n) is 11.1. The van der Waals surface area contributed by atoms with Crippen molar-refractivity contribution < 1.29 is 19.7 Å². The van der Waals surface area contributed by atoms with Crippen molar-refractivity contribution >= 4 is 0 Å². The topological polar surface area (TPSA) is 58.9 Å². The first kappa shape index (κ1) is 24.9. The molecule has 0 bridgehead atoms. The lowest BCUT2D eigenvalue weighted by atomic mass is 9.71. The van der Waals surface area contributed by atoms with Crippen LogP contribution in [0.15, 0.2) is 0 Å². The maximum atomic E-state index is 10.3. The summed E-state index contributed by atoms with van der Waals surface area (Å²) >= 11 is 0. The number of ether oxygens (including phenoxy) is 2. The quantitative estimate of drug-likeness (QED) is 0.460. The molecule has 0 aromatic carbocycles. The Morgan fingerprint density at radius 1 is 1.00 bits per heavy atom. The van der Waals surface area contributed by atoms with E-state index in [1.807, 2.05) is 6.92 Å². The molecule has 4 heteroatoms. The molecule has 0 heterocycles. The normalized spacial score (nSPS) is 23.4. The van der Waals surface area contributed by atoms with E-state index < -0.39 is 12.6 Å². The van der Waals surface area contributed by atoms with Gasteiger partial charge in [-0.25, -0.2) is 0 Å². The van der Waals surface area contributed by atoms with Gasteiger partial charge in [0.2, 0.25) is 0 Å². The Labute approximate surface area is 168 Å². The Bertz CT molecular complexity index is 398. The number of hydrogen-bond acceptors (Lipinski definition) is 4. The van der Waals surface area contributed by atoms with Crippen LogP contribution in [0, 0.1) is 23.2 Å². The van der Waals surface area contributed by atoms with Gasteiger partial charge in [0.1, 0.15) is 6.61 Å². The molecule has 5 atom stereocenters. The van der Waals surface area contributed by atoms with Gasteiger partial charge >= 0.3 is 0 Å². The molecule has 27 heavy (non-hydrogen) atoms. The molecular weight excluding hydrogens is 340 g/mol. The lowest BCUT2D eigenvalue weighted by molar-refractivity contribution is -0.238. The Morgan fingerprint density at radius 2 is 1.59 bits per heavy atom. The van der Waals surface area contributed by atoms with Crippen LogP contribution in [0.2, 0.25) is 0 Å². The molecule has 2 N–H and O–H groups in total. The highest BCUT2D eigenvalue weighted by Crippen LogP contribution is 2.36. The van der Waals surface area contributed by atoms with Gasteiger partial charge in [-0.1, -0.05) is 67.2 Å². The first-order valence-corrected chi connectivity index (χ1v) is 11.1. The van der Waals surface area contributed by atoms with Crippen molar-refractivity contribution in [3.05, 3.63) is 0 Å². The van der Waals surface area contributed by atoms with Crippen molar-refractivity contribution in [3.63, 3.8) is 0 Å². The standard InChI is InChI=1S/C23H46O4/c1-8-19(18(3)22(4,5)6)13-12-17(2)21(25)26-16-20(24)27-23(7)14-10-9-11-15-23/h17-21,24-25H,8-16H2,1-7H3. The summed E-state index contributed by atoms with van der Waals surface area (Å²) < 4.78 is 11.3. The molecular formula is C23H46O4. The summed E-state index contributed by atoms with van der Waals surface area (Å²) in [7, 11) is 0. The Hall–Kier alpha value is -0.160. The average Bonchev–Trinajstić information content (AvgIpc) is 2.59. The van der Waals surface area contributed by atoms with Crippen molar-refractivity contribution in [1.29, 1.82) is 0 Å². The predicted octanol–water partition coefficient (Wildman–Crippen LogP) is 5.50. The van der Waals surface area contributed by atoms with E-state index in [-0.39, 0.29) is 18.1 Å². The zero-order valence-corrected chi connectivity index (χ0v) is 19.0. The van der Waals surface area contributed by atoms with Crippen LogP contribution in [0.4, 0.5) is 0 Å². The van der Waals surface area contributed by atoms with Crippen LogP contribution < -0.4 is 0 Å². The van der Waals surface area contributed by atoms with Crippen molar-refractivity contribution in [2.45, 2.75) is 118 Å². The van der Waals surface area contributed by atoms with E-state index in [0.29, 0.717) is 17.3 Å². The Balaban J connectivity index is 2.35. The molecule has 0 aliphatic heterocycles. The molecule has 0 amide bonds. The fourth-order valence-corrected chi connectivity index (χ4v) is 4.26. The molecule has 1 rings (SSSR count). The highest BCUT2D eigenvalue weighted by Gasteiger charge is 2.31. The molecule has 5 unspecified atom stereocenters. The van der Waals surface area contributed by atoms with Gasteiger partial charge in [-0.3, -0.25) is 0 Å². The number of hydrogen-bond donors (Lipinski definition) is 2. The lowest BCUT2D eigenvalue weighted by Crippen LogP contribution is -2.38. The second kappa shape index (κ2) is 11.1. The van der Waals surface area contributed by atoms with Crippen LogP contribution in [-0.2, 0) is 9.47 Å². The van der Waals surface area contributed by atoms with Crippen LogP contribution in [-0.4, -0.2) is 35.0 Å². The molecule has 0 saturated heterocycles. The van der Waals surface area contributed by atoms with Gasteiger partial charge in [0.05, 0.1) is 5.60 Å². The van der Waals surface area contributed by atoms with Gasteiger partial charge in [0.15, 0.2) is 12.6 Å². The molecule has 0 spiro atoms. The van der Waals surface area contributed by atoms with E-state index in [0.717, 1.165) is 44.9 Å². The van der Waals surface area contributed by atoms with Gasteiger partial charge in [0.25, 0.3) is 0 Å². The summed E-state index contributed by atoms with van der Waals surface area (Å²) in [6.07, 6.45) is 6.85. The monoisotopic (exact) mass is 386 g/mol. The SMILES string of the molecule is CCC(CCC(C)C(O)OCC(O)OC1(C)CCCCC1)C(C)C(C)(C)C. The number of aliphatic hydroxyl groups excluding tert-OH is 2. The fraction of sp³-hybridized carbons (Fsp3) is 1.00. The van der Waals surface area contributed by atoms with Gasteiger partial charge in [-0.05, 0) is 49.9 Å². The predicted molar refractivity (Wildman–Crippen MR) is 111 cm³/mol. The van der Waals surface area contributed by atoms with Crippen molar-refractivity contribution in [1.82, 2.24) is 0 Å². The maximum absolute atomic E-state index is 10.3. The van der Waals surface area contributed by atoms with Crippen molar-refractivity contribution in [3.8, 4) is 0 Å². The van der Waals surface area contributed by atoms with E-state index in [9.17, 15) is 10.2 Å². The van der Waals surface area contributed by atoms with E-state index in [2.05, 4.69) is 41.5 Å². The number of rotatable bonds is 11. The van der Waals surface area contributed by atoms with Gasteiger partial charge < -0.3 is 19.7 Å². The van der Waals surface area contributed by atoms with Crippen molar-refractivity contribution in [2.24, 2.45) is 23.2 Å². The van der Waals surface area contributed by atoms with E-state index in [4.69, 9.17) is 9.47 Å². The zero-order valence-electron chi connectivity index (χ0n) is 19.0. The van der Waals surface area contributed by atoms with E-state index in [1.54, 1.807) is 0 Å². The van der Waals surface area contributed by atoms with Crippen LogP contribution in [0.1, 0.15) is 99.8 Å². The Kier molecular flexibility index (Phi) is 10.3. The molecule has 0 radical (unpaired) electrons. The smallest absolute Gasteiger partial charge is 0.178 e. The molecule has 1 aliphatic rings. The first-order chi connectivity index (χ1) is 12.5. The minimum absolute atomic E-state index is 0.0245. The summed E-state index contributed by atoms with van der Waals surface area (Å²) in [5.41, 5.74) is 0.0464. The van der Waals surface area contributed by atoms with Crippen molar-refractivity contribution in [2.75, 3.05) is 6.61 Å².